The van der Waals surface area contributed by atoms with Crippen LogP contribution in [0, 0.1) is 21.4 Å². The van der Waals surface area contributed by atoms with Crippen LogP contribution in [0.25, 0.3) is 0 Å². The molecule has 0 unspecified atom stereocenters. The number of nitrogens with zero attached hydrogens (tertiary/aromatic N) is 2. The second kappa shape index (κ2) is 5.79. The van der Waals surface area contributed by atoms with Gasteiger partial charge < -0.3 is 15.2 Å². The Morgan fingerprint density at radius 3 is 2.62 bits per heavy atom. The highest BCUT2D eigenvalue weighted by Crippen LogP contribution is 2.39. The van der Waals surface area contributed by atoms with Crippen molar-refractivity contribution in [3.8, 4) is 23.3 Å². The third kappa shape index (κ3) is 2.84. The molecular weight excluding hydrogens is 274 g/mol. The van der Waals surface area contributed by atoms with Gasteiger partial charge in [-0.2, -0.15) is 5.26 Å². The van der Waals surface area contributed by atoms with Crippen molar-refractivity contribution in [3.05, 3.63) is 52.1 Å². The number of ether oxygens (including phenoxy) is 2. The molecule has 0 fully saturated rings. The fourth-order valence-electron chi connectivity index (χ4n) is 1.76. The molecule has 7 heteroatoms. The van der Waals surface area contributed by atoms with E-state index in [9.17, 15) is 10.1 Å². The van der Waals surface area contributed by atoms with Crippen LogP contribution in [0.4, 0.5) is 11.4 Å². The van der Waals surface area contributed by atoms with Crippen LogP contribution in [-0.4, -0.2) is 12.0 Å². The zero-order valence-corrected chi connectivity index (χ0v) is 11.1. The lowest BCUT2D eigenvalue weighted by molar-refractivity contribution is -0.384. The lowest BCUT2D eigenvalue weighted by atomic mass is 10.2. The van der Waals surface area contributed by atoms with E-state index in [-0.39, 0.29) is 22.9 Å². The molecule has 0 saturated heterocycles. The van der Waals surface area contributed by atoms with Gasteiger partial charge in [0, 0.05) is 6.07 Å². The van der Waals surface area contributed by atoms with E-state index < -0.39 is 4.92 Å². The maximum Gasteiger partial charge on any atom is 0.334 e. The van der Waals surface area contributed by atoms with Gasteiger partial charge in [-0.15, -0.1) is 0 Å². The monoisotopic (exact) mass is 285 g/mol. The summed E-state index contributed by atoms with van der Waals surface area (Å²) in [6.07, 6.45) is 0. The number of hydrogen-bond donors (Lipinski definition) is 1. The van der Waals surface area contributed by atoms with Crippen molar-refractivity contribution < 1.29 is 14.4 Å². The Morgan fingerprint density at radius 2 is 2.00 bits per heavy atom. The van der Waals surface area contributed by atoms with Crippen molar-refractivity contribution in [2.45, 2.75) is 0 Å². The third-order valence-electron chi connectivity index (χ3n) is 2.73. The quantitative estimate of drug-likeness (QED) is 0.525. The molecule has 0 radical (unpaired) electrons. The second-order valence-corrected chi connectivity index (χ2v) is 4.03. The molecule has 106 valence electrons. The Balaban J connectivity index is 2.46. The van der Waals surface area contributed by atoms with Gasteiger partial charge in [-0.25, -0.2) is 0 Å². The number of benzene rings is 2. The van der Waals surface area contributed by atoms with Crippen LogP contribution in [0.15, 0.2) is 36.4 Å². The van der Waals surface area contributed by atoms with E-state index in [0.29, 0.717) is 11.3 Å². The van der Waals surface area contributed by atoms with Gasteiger partial charge in [0.25, 0.3) is 0 Å². The van der Waals surface area contributed by atoms with Gasteiger partial charge in [0.15, 0.2) is 11.5 Å². The number of rotatable bonds is 4. The van der Waals surface area contributed by atoms with Crippen LogP contribution in [0.1, 0.15) is 5.56 Å². The number of nitriles is 1. The molecule has 0 atom stereocenters. The van der Waals surface area contributed by atoms with Crippen LogP contribution in [0.3, 0.4) is 0 Å². The smallest absolute Gasteiger partial charge is 0.334 e. The largest absolute Gasteiger partial charge is 0.493 e. The van der Waals surface area contributed by atoms with Gasteiger partial charge in [0.2, 0.25) is 5.75 Å². The minimum absolute atomic E-state index is 0.00278. The van der Waals surface area contributed by atoms with E-state index in [0.717, 1.165) is 0 Å². The number of para-hydroxylation sites is 1. The van der Waals surface area contributed by atoms with Crippen molar-refractivity contribution in [2.24, 2.45) is 0 Å². The molecule has 0 amide bonds. The molecular formula is C14H11N3O4. The Morgan fingerprint density at radius 1 is 1.24 bits per heavy atom. The van der Waals surface area contributed by atoms with Crippen LogP contribution in [0.2, 0.25) is 0 Å². The standard InChI is InChI=1S/C14H11N3O4/c1-20-13-7-9(8-15)5-6-11(13)21-12-4-2-3-10(16)14(12)17(18)19/h2-7H,16H2,1H3. The Labute approximate surface area is 120 Å². The molecule has 0 aliphatic carbocycles. The molecule has 2 aromatic rings. The van der Waals surface area contributed by atoms with Crippen molar-refractivity contribution in [2.75, 3.05) is 12.8 Å². The summed E-state index contributed by atoms with van der Waals surface area (Å²) >= 11 is 0. The topological polar surface area (TPSA) is 111 Å². The molecule has 2 rings (SSSR count). The lowest BCUT2D eigenvalue weighted by Gasteiger charge is -2.11. The molecule has 0 aliphatic heterocycles. The highest BCUT2D eigenvalue weighted by Gasteiger charge is 2.20. The van der Waals surface area contributed by atoms with Crippen LogP contribution >= 0.6 is 0 Å². The van der Waals surface area contributed by atoms with Crippen molar-refractivity contribution in [1.82, 2.24) is 0 Å². The first-order valence-corrected chi connectivity index (χ1v) is 5.85. The fourth-order valence-corrected chi connectivity index (χ4v) is 1.76. The predicted molar refractivity (Wildman–Crippen MR) is 75.3 cm³/mol. The van der Waals surface area contributed by atoms with Gasteiger partial charge in [-0.05, 0) is 24.3 Å². The Kier molecular flexibility index (Phi) is 3.90. The summed E-state index contributed by atoms with van der Waals surface area (Å²) in [6.45, 7) is 0. The Hall–Kier alpha value is -3.27. The number of nitrogen functional groups attached to an aromatic ring is 1. The van der Waals surface area contributed by atoms with Crippen molar-refractivity contribution in [3.63, 3.8) is 0 Å². The molecule has 0 spiro atoms. The van der Waals surface area contributed by atoms with Gasteiger partial charge in [0.05, 0.1) is 23.7 Å². The van der Waals surface area contributed by atoms with E-state index in [1.165, 1.54) is 37.4 Å². The summed E-state index contributed by atoms with van der Waals surface area (Å²) in [5.74, 6) is 0.555. The average molecular weight is 285 g/mol. The Bertz CT molecular complexity index is 737. The number of anilines is 1. The summed E-state index contributed by atoms with van der Waals surface area (Å²) in [5.41, 5.74) is 5.68. The summed E-state index contributed by atoms with van der Waals surface area (Å²) in [4.78, 5) is 10.4. The third-order valence-corrected chi connectivity index (χ3v) is 2.73. The molecule has 21 heavy (non-hydrogen) atoms. The fraction of sp³-hybridized carbons (Fsp3) is 0.0714. The zero-order valence-electron chi connectivity index (χ0n) is 11.1. The van der Waals surface area contributed by atoms with Crippen LogP contribution in [-0.2, 0) is 0 Å². The van der Waals surface area contributed by atoms with Gasteiger partial charge >= 0.3 is 5.69 Å². The minimum Gasteiger partial charge on any atom is -0.493 e. The van der Waals surface area contributed by atoms with Crippen LogP contribution in [0.5, 0.6) is 17.2 Å². The van der Waals surface area contributed by atoms with E-state index in [1.807, 2.05) is 6.07 Å². The molecule has 0 aromatic heterocycles. The first-order chi connectivity index (χ1) is 10.1. The zero-order chi connectivity index (χ0) is 15.4. The number of nitro groups is 1. The van der Waals surface area contributed by atoms with E-state index in [4.69, 9.17) is 20.5 Å². The maximum absolute atomic E-state index is 11.1. The van der Waals surface area contributed by atoms with Gasteiger partial charge in [-0.3, -0.25) is 10.1 Å². The number of nitrogens with two attached hydrogens (primary N) is 1. The van der Waals surface area contributed by atoms with Gasteiger partial charge in [-0.1, -0.05) is 6.07 Å². The lowest BCUT2D eigenvalue weighted by Crippen LogP contribution is -1.99. The molecule has 7 nitrogen and oxygen atoms in total. The second-order valence-electron chi connectivity index (χ2n) is 4.03. The average Bonchev–Trinajstić information content (AvgIpc) is 2.47. The van der Waals surface area contributed by atoms with Crippen molar-refractivity contribution in [1.29, 1.82) is 5.26 Å². The number of methoxy groups -OCH3 is 1. The summed E-state index contributed by atoms with van der Waals surface area (Å²) in [6, 6.07) is 10.9. The molecule has 0 aliphatic rings. The van der Waals surface area contributed by atoms with Crippen molar-refractivity contribution >= 4 is 11.4 Å². The normalized spacial score (nSPS) is 9.71. The van der Waals surface area contributed by atoms with Crippen LogP contribution < -0.4 is 15.2 Å². The van der Waals surface area contributed by atoms with E-state index in [1.54, 1.807) is 6.07 Å². The van der Waals surface area contributed by atoms with E-state index >= 15 is 0 Å². The van der Waals surface area contributed by atoms with E-state index in [2.05, 4.69) is 0 Å². The molecule has 0 saturated carbocycles. The number of hydrogen-bond acceptors (Lipinski definition) is 6. The summed E-state index contributed by atoms with van der Waals surface area (Å²) in [5, 5.41) is 19.9. The molecule has 2 N–H and O–H groups in total. The minimum atomic E-state index is -0.610. The predicted octanol–water partition coefficient (Wildman–Crippen LogP) is 2.85. The molecule has 0 heterocycles. The molecule has 0 bridgehead atoms. The highest BCUT2D eigenvalue weighted by atomic mass is 16.6. The summed E-state index contributed by atoms with van der Waals surface area (Å²) < 4.78 is 10.6. The maximum atomic E-state index is 11.1. The van der Waals surface area contributed by atoms with Gasteiger partial charge in [0.1, 0.15) is 5.69 Å². The SMILES string of the molecule is COc1cc(C#N)ccc1Oc1cccc(N)c1[N+](=O)[O-]. The highest BCUT2D eigenvalue weighted by molar-refractivity contribution is 5.66. The first kappa shape index (κ1) is 14.1. The first-order valence-electron chi connectivity index (χ1n) is 5.85. The molecule has 2 aromatic carbocycles. The number of nitro benzene ring substituents is 1. The summed E-state index contributed by atoms with van der Waals surface area (Å²) in [7, 11) is 1.41.